The van der Waals surface area contributed by atoms with Crippen LogP contribution in [0.15, 0.2) is 48.8 Å². The van der Waals surface area contributed by atoms with E-state index in [1.807, 2.05) is 6.07 Å². The average molecular weight is 483 g/mol. The minimum absolute atomic E-state index is 0.121. The third kappa shape index (κ3) is 3.95. The van der Waals surface area contributed by atoms with Crippen LogP contribution in [0.4, 0.5) is 8.78 Å². The van der Waals surface area contributed by atoms with Gasteiger partial charge in [-0.1, -0.05) is 0 Å². The Hall–Kier alpha value is -3.63. The van der Waals surface area contributed by atoms with E-state index in [0.717, 1.165) is 26.9 Å². The van der Waals surface area contributed by atoms with Crippen molar-refractivity contribution >= 4 is 17.2 Å². The highest BCUT2D eigenvalue weighted by Crippen LogP contribution is 2.44. The number of hydrogen-bond acceptors (Lipinski definition) is 6. The topological polar surface area (TPSA) is 80.5 Å². The Bertz CT molecular complexity index is 1380. The molecule has 0 unspecified atom stereocenters. The van der Waals surface area contributed by atoms with E-state index in [2.05, 4.69) is 10.2 Å². The number of nitrogens with zero attached hydrogens (tertiary/aromatic N) is 4. The number of carbonyl (C=O) groups is 1. The van der Waals surface area contributed by atoms with Gasteiger partial charge in [0, 0.05) is 42.1 Å². The zero-order chi connectivity index (χ0) is 23.8. The number of ether oxygens (including phenoxy) is 1. The van der Waals surface area contributed by atoms with Crippen LogP contribution in [0.5, 0.6) is 5.75 Å². The first kappa shape index (κ1) is 22.2. The van der Waals surface area contributed by atoms with Gasteiger partial charge in [-0.15, -0.1) is 21.5 Å². The number of aliphatic hydroxyl groups is 1. The molecule has 0 spiro atoms. The van der Waals surface area contributed by atoms with Crippen LogP contribution in [0.25, 0.3) is 26.8 Å². The molecule has 174 valence electrons. The summed E-state index contributed by atoms with van der Waals surface area (Å²) in [7, 11) is 1.64. The molecule has 2 aromatic carbocycles. The van der Waals surface area contributed by atoms with Crippen molar-refractivity contribution in [1.29, 1.82) is 0 Å². The van der Waals surface area contributed by atoms with Gasteiger partial charge in [-0.3, -0.25) is 9.36 Å². The third-order valence-electron chi connectivity index (χ3n) is 5.63. The Morgan fingerprint density at radius 1 is 1.24 bits per heavy atom. The number of benzene rings is 2. The van der Waals surface area contributed by atoms with Gasteiger partial charge in [-0.05, 0) is 42.0 Å². The Balaban J connectivity index is 1.58. The van der Waals surface area contributed by atoms with Gasteiger partial charge in [0.25, 0.3) is 5.91 Å². The van der Waals surface area contributed by atoms with Crippen LogP contribution in [0.3, 0.4) is 0 Å². The molecule has 0 fully saturated rings. The highest BCUT2D eigenvalue weighted by atomic mass is 32.1. The largest absolute Gasteiger partial charge is 0.493 e. The van der Waals surface area contributed by atoms with E-state index in [0.29, 0.717) is 30.2 Å². The number of hydrogen-bond donors (Lipinski definition) is 1. The lowest BCUT2D eigenvalue weighted by molar-refractivity contribution is 0.0767. The normalized spacial score (nSPS) is 12.5. The molecule has 0 atom stereocenters. The van der Waals surface area contributed by atoms with Crippen LogP contribution in [-0.4, -0.2) is 57.5 Å². The predicted molar refractivity (Wildman–Crippen MR) is 123 cm³/mol. The fraction of sp³-hybridized carbons (Fsp3) is 0.208. The second-order valence-electron chi connectivity index (χ2n) is 7.85. The van der Waals surface area contributed by atoms with E-state index in [9.17, 15) is 13.6 Å². The number of halogens is 2. The number of fused-ring (bicyclic) bond motifs is 3. The quantitative estimate of drug-likeness (QED) is 0.466. The van der Waals surface area contributed by atoms with Crippen LogP contribution in [0.2, 0.25) is 0 Å². The van der Waals surface area contributed by atoms with Gasteiger partial charge in [0.1, 0.15) is 23.7 Å². The Kier molecular flexibility index (Phi) is 5.84. The van der Waals surface area contributed by atoms with Gasteiger partial charge in [0.05, 0.1) is 23.8 Å². The molecule has 1 aliphatic rings. The average Bonchev–Trinajstić information content (AvgIpc) is 3.43. The summed E-state index contributed by atoms with van der Waals surface area (Å²) in [6.45, 7) is 0.577. The van der Waals surface area contributed by atoms with Crippen LogP contribution < -0.4 is 4.74 Å². The number of aromatic nitrogens is 3. The molecule has 1 N–H and O–H groups in total. The monoisotopic (exact) mass is 482 g/mol. The molecule has 34 heavy (non-hydrogen) atoms. The first-order valence-electron chi connectivity index (χ1n) is 10.6. The summed E-state index contributed by atoms with van der Waals surface area (Å²) in [6, 6.07) is 10.6. The Labute approximate surface area is 197 Å². The van der Waals surface area contributed by atoms with Gasteiger partial charge < -0.3 is 14.7 Å². The maximum Gasteiger partial charge on any atom is 0.253 e. The zero-order valence-electron chi connectivity index (χ0n) is 18.2. The molecule has 0 aliphatic carbocycles. The summed E-state index contributed by atoms with van der Waals surface area (Å²) in [5.41, 5.74) is 2.43. The van der Waals surface area contributed by atoms with Crippen LogP contribution >= 0.6 is 11.3 Å². The fourth-order valence-corrected chi connectivity index (χ4v) is 5.13. The molecule has 0 radical (unpaired) electrons. The van der Waals surface area contributed by atoms with Crippen LogP contribution in [-0.2, 0) is 6.42 Å². The van der Waals surface area contributed by atoms with Crippen molar-refractivity contribution in [3.63, 3.8) is 0 Å². The van der Waals surface area contributed by atoms with Crippen molar-refractivity contribution < 1.29 is 23.4 Å². The number of thiophene rings is 1. The van der Waals surface area contributed by atoms with E-state index in [4.69, 9.17) is 9.84 Å². The summed E-state index contributed by atoms with van der Waals surface area (Å²) >= 11 is 1.44. The first-order valence-corrected chi connectivity index (χ1v) is 11.4. The Morgan fingerprint density at radius 2 is 2.09 bits per heavy atom. The summed E-state index contributed by atoms with van der Waals surface area (Å²) in [5.74, 6) is -0.482. The molecule has 4 aromatic rings. The highest BCUT2D eigenvalue weighted by Gasteiger charge is 2.24. The fourth-order valence-electron chi connectivity index (χ4n) is 3.92. The van der Waals surface area contributed by atoms with E-state index in [1.165, 1.54) is 39.3 Å². The molecule has 0 saturated carbocycles. The summed E-state index contributed by atoms with van der Waals surface area (Å²) in [5, 5.41) is 17.3. The van der Waals surface area contributed by atoms with Crippen molar-refractivity contribution in [2.45, 2.75) is 6.42 Å². The molecule has 7 nitrogen and oxygen atoms in total. The number of amides is 1. The van der Waals surface area contributed by atoms with Crippen LogP contribution in [0, 0.1) is 11.6 Å². The number of rotatable bonds is 5. The highest BCUT2D eigenvalue weighted by molar-refractivity contribution is 7.19. The first-order chi connectivity index (χ1) is 16.5. The van der Waals surface area contributed by atoms with Crippen molar-refractivity contribution in [2.75, 3.05) is 26.8 Å². The lowest BCUT2D eigenvalue weighted by atomic mass is 10.0. The number of likely N-dealkylation sites (N-methyl/N-ethyl adjacent to an activating group) is 1. The molecule has 1 amide bonds. The zero-order valence-corrected chi connectivity index (χ0v) is 19.0. The molecule has 0 saturated heterocycles. The second-order valence-corrected chi connectivity index (χ2v) is 8.90. The van der Waals surface area contributed by atoms with E-state index < -0.39 is 11.6 Å². The molecule has 0 bridgehead atoms. The van der Waals surface area contributed by atoms with Gasteiger partial charge in [0.2, 0.25) is 0 Å². The summed E-state index contributed by atoms with van der Waals surface area (Å²) in [6.07, 6.45) is 2.04. The van der Waals surface area contributed by atoms with Crippen molar-refractivity contribution in [3.8, 4) is 32.6 Å². The molecular formula is C24H20F2N4O3S. The molecule has 3 heterocycles. The van der Waals surface area contributed by atoms with Gasteiger partial charge >= 0.3 is 0 Å². The van der Waals surface area contributed by atoms with E-state index >= 15 is 0 Å². The van der Waals surface area contributed by atoms with Crippen molar-refractivity contribution in [3.05, 3.63) is 71.6 Å². The molecule has 1 aliphatic heterocycles. The standard InChI is InChI=1S/C24H20F2N4O3S/c1-29(7-8-31)24(32)15-2-5-20-17(10-15)22-14(6-9-33-20)11-21(34-22)23-28-27-13-30(23)19-4-3-16(25)12-18(19)26/h2-5,10-13,31H,6-9H2,1H3. The summed E-state index contributed by atoms with van der Waals surface area (Å²) in [4.78, 5) is 15.9. The lowest BCUT2D eigenvalue weighted by Crippen LogP contribution is -2.29. The maximum atomic E-state index is 14.4. The third-order valence-corrected chi connectivity index (χ3v) is 6.84. The van der Waals surface area contributed by atoms with Gasteiger partial charge in [-0.2, -0.15) is 0 Å². The number of carbonyl (C=O) groups excluding carboxylic acids is 1. The van der Waals surface area contributed by atoms with Gasteiger partial charge in [0.15, 0.2) is 5.82 Å². The maximum absolute atomic E-state index is 14.4. The second kappa shape index (κ2) is 8.96. The molecule has 5 rings (SSSR count). The Morgan fingerprint density at radius 3 is 2.88 bits per heavy atom. The molecule has 10 heteroatoms. The predicted octanol–water partition coefficient (Wildman–Crippen LogP) is 3.94. The minimum Gasteiger partial charge on any atom is -0.493 e. The van der Waals surface area contributed by atoms with E-state index in [1.54, 1.807) is 25.2 Å². The SMILES string of the molecule is CN(CCO)C(=O)c1ccc2c(c1)-c1sc(-c3nncn3-c3ccc(F)cc3F)cc1CCO2. The van der Waals surface area contributed by atoms with Crippen molar-refractivity contribution in [1.82, 2.24) is 19.7 Å². The van der Waals surface area contributed by atoms with Crippen molar-refractivity contribution in [2.24, 2.45) is 0 Å². The molecular weight excluding hydrogens is 462 g/mol. The van der Waals surface area contributed by atoms with E-state index in [-0.39, 0.29) is 24.7 Å². The minimum atomic E-state index is -0.715. The summed E-state index contributed by atoms with van der Waals surface area (Å²) < 4.78 is 35.2. The van der Waals surface area contributed by atoms with Gasteiger partial charge in [-0.25, -0.2) is 8.78 Å². The number of aliphatic hydroxyl groups excluding tert-OH is 1. The molecule has 2 aromatic heterocycles. The van der Waals surface area contributed by atoms with Crippen LogP contribution in [0.1, 0.15) is 15.9 Å². The smallest absolute Gasteiger partial charge is 0.253 e. The lowest BCUT2D eigenvalue weighted by Gasteiger charge is -2.17.